The molecule has 71 heavy (non-hydrogen) atoms. The van der Waals surface area contributed by atoms with Gasteiger partial charge in [-0.2, -0.15) is 0 Å². The average molecular weight is 990 g/mol. The van der Waals surface area contributed by atoms with E-state index >= 15 is 0 Å². The fraction of sp³-hybridized carbons (Fsp3) is 0.758. The molecule has 0 heterocycles. The van der Waals surface area contributed by atoms with E-state index in [1.807, 2.05) is 0 Å². The van der Waals surface area contributed by atoms with Gasteiger partial charge in [0, 0.05) is 12.8 Å². The lowest BCUT2D eigenvalue weighted by atomic mass is 10.0. The van der Waals surface area contributed by atoms with E-state index in [0.717, 1.165) is 70.6 Å². The molecule has 5 nitrogen and oxygen atoms in total. The number of aliphatic hydroxyl groups excluding tert-OH is 1. The van der Waals surface area contributed by atoms with E-state index in [9.17, 15) is 14.7 Å². The van der Waals surface area contributed by atoms with Crippen molar-refractivity contribution in [1.82, 2.24) is 0 Å². The van der Waals surface area contributed by atoms with E-state index in [4.69, 9.17) is 9.47 Å². The van der Waals surface area contributed by atoms with Crippen molar-refractivity contribution in [2.75, 3.05) is 13.2 Å². The predicted octanol–water partition coefficient (Wildman–Crippen LogP) is 20.9. The van der Waals surface area contributed by atoms with Gasteiger partial charge in [0.05, 0.1) is 6.61 Å². The van der Waals surface area contributed by atoms with Crippen molar-refractivity contribution in [3.8, 4) is 0 Å². The van der Waals surface area contributed by atoms with Crippen LogP contribution in [0.3, 0.4) is 0 Å². The molecule has 0 aromatic heterocycles. The lowest BCUT2D eigenvalue weighted by molar-refractivity contribution is -0.161. The minimum absolute atomic E-state index is 0.0907. The standard InChI is InChI=1S/C66H116O5/c1-3-5-7-9-11-13-15-17-19-21-23-25-27-28-29-30-31-32-33-34-35-36-37-39-40-42-44-46-48-50-52-54-56-58-60-65(68)70-63-64(62-67)71-66(69)61-59-57-55-53-51-49-47-45-43-41-38-26-24-22-20-18-16-14-12-10-8-6-4-2/h6,8,12,14,18,20,24,26,41,43,47,49,53,55,64,67H,3-5,7,9-11,13,15-17,19,21-23,25,27-40,42,44-46,48,50-52,54,56-63H2,1-2H3/b8-6-,14-12-,20-18-,26-24-,43-41-,49-47-,55-53-. The molecule has 0 saturated carbocycles. The zero-order valence-corrected chi connectivity index (χ0v) is 47.0. The molecule has 410 valence electrons. The number of hydrogen-bond acceptors (Lipinski definition) is 5. The minimum Gasteiger partial charge on any atom is -0.462 e. The summed E-state index contributed by atoms with van der Waals surface area (Å²) in [6, 6.07) is 0. The molecular weight excluding hydrogens is 873 g/mol. The number of esters is 2. The lowest BCUT2D eigenvalue weighted by Crippen LogP contribution is -2.28. The maximum atomic E-state index is 12.3. The van der Waals surface area contributed by atoms with Gasteiger partial charge < -0.3 is 14.6 Å². The van der Waals surface area contributed by atoms with E-state index in [1.54, 1.807) is 0 Å². The fourth-order valence-electron chi connectivity index (χ4n) is 8.90. The van der Waals surface area contributed by atoms with Crippen molar-refractivity contribution in [3.05, 3.63) is 85.1 Å². The highest BCUT2D eigenvalue weighted by atomic mass is 16.6. The van der Waals surface area contributed by atoms with Gasteiger partial charge >= 0.3 is 11.9 Å². The highest BCUT2D eigenvalue weighted by Gasteiger charge is 2.16. The zero-order chi connectivity index (χ0) is 51.3. The van der Waals surface area contributed by atoms with E-state index in [2.05, 4.69) is 98.9 Å². The number of allylic oxidation sites excluding steroid dienone is 14. The molecule has 0 bridgehead atoms. The first kappa shape index (κ1) is 68.1. The first-order valence-corrected chi connectivity index (χ1v) is 30.6. The SMILES string of the molecule is CC/C=C\C/C=C\C/C=C\C/C=C\C/C=C\C/C=C\C/C=C\CCCC(=O)OC(CO)COC(=O)CCCCCCCCCCCCCCCCCCCCCCCCCCCCCCCCCCCC. The smallest absolute Gasteiger partial charge is 0.306 e. The second kappa shape index (κ2) is 61.4. The van der Waals surface area contributed by atoms with Crippen LogP contribution in [0.1, 0.15) is 303 Å². The maximum Gasteiger partial charge on any atom is 0.306 e. The van der Waals surface area contributed by atoms with Crippen molar-refractivity contribution in [2.45, 2.75) is 309 Å². The maximum absolute atomic E-state index is 12.3. The molecule has 1 unspecified atom stereocenters. The Labute approximate surface area is 441 Å². The summed E-state index contributed by atoms with van der Waals surface area (Å²) in [5.74, 6) is -0.653. The average Bonchev–Trinajstić information content (AvgIpc) is 3.37. The van der Waals surface area contributed by atoms with Gasteiger partial charge in [0.2, 0.25) is 0 Å². The normalized spacial score (nSPS) is 12.8. The van der Waals surface area contributed by atoms with E-state index in [0.29, 0.717) is 12.8 Å². The lowest BCUT2D eigenvalue weighted by Gasteiger charge is -2.15. The second-order valence-electron chi connectivity index (χ2n) is 20.4. The topological polar surface area (TPSA) is 72.8 Å². The summed E-state index contributed by atoms with van der Waals surface area (Å²) < 4.78 is 10.7. The van der Waals surface area contributed by atoms with Crippen molar-refractivity contribution in [1.29, 1.82) is 0 Å². The van der Waals surface area contributed by atoms with E-state index < -0.39 is 6.10 Å². The third-order valence-corrected chi connectivity index (χ3v) is 13.5. The van der Waals surface area contributed by atoms with Crippen LogP contribution in [0.5, 0.6) is 0 Å². The van der Waals surface area contributed by atoms with E-state index in [1.165, 1.54) is 199 Å². The summed E-state index contributed by atoms with van der Waals surface area (Å²) in [6.07, 6.45) is 86.0. The number of aliphatic hydroxyl groups is 1. The van der Waals surface area contributed by atoms with Crippen LogP contribution in [-0.2, 0) is 19.1 Å². The first-order chi connectivity index (χ1) is 35.1. The van der Waals surface area contributed by atoms with Gasteiger partial charge in [-0.05, 0) is 64.2 Å². The van der Waals surface area contributed by atoms with E-state index in [-0.39, 0.29) is 31.6 Å². The fourth-order valence-corrected chi connectivity index (χ4v) is 8.90. The second-order valence-corrected chi connectivity index (χ2v) is 20.4. The quantitative estimate of drug-likeness (QED) is 0.0373. The van der Waals surface area contributed by atoms with Crippen LogP contribution in [0.4, 0.5) is 0 Å². The number of hydrogen-bond donors (Lipinski definition) is 1. The van der Waals surface area contributed by atoms with Crippen molar-refractivity contribution < 1.29 is 24.2 Å². The summed E-state index contributed by atoms with van der Waals surface area (Å²) in [5.41, 5.74) is 0. The van der Waals surface area contributed by atoms with Gasteiger partial charge in [-0.25, -0.2) is 0 Å². The molecular formula is C66H116O5. The Morgan fingerprint density at radius 3 is 0.901 bits per heavy atom. The largest absolute Gasteiger partial charge is 0.462 e. The number of carbonyl (C=O) groups is 2. The number of carbonyl (C=O) groups excluding carboxylic acids is 2. The van der Waals surface area contributed by atoms with Crippen LogP contribution < -0.4 is 0 Å². The molecule has 0 fully saturated rings. The van der Waals surface area contributed by atoms with Crippen LogP contribution in [0.25, 0.3) is 0 Å². The highest BCUT2D eigenvalue weighted by Crippen LogP contribution is 2.18. The summed E-state index contributed by atoms with van der Waals surface area (Å²) in [5, 5.41) is 9.65. The first-order valence-electron chi connectivity index (χ1n) is 30.6. The monoisotopic (exact) mass is 989 g/mol. The summed E-state index contributed by atoms with van der Waals surface area (Å²) >= 11 is 0. The molecule has 0 aliphatic heterocycles. The predicted molar refractivity (Wildman–Crippen MR) is 311 cm³/mol. The van der Waals surface area contributed by atoms with Crippen LogP contribution >= 0.6 is 0 Å². The van der Waals surface area contributed by atoms with Crippen LogP contribution in [0, 0.1) is 0 Å². The molecule has 0 amide bonds. The molecule has 0 aliphatic rings. The Morgan fingerprint density at radius 1 is 0.338 bits per heavy atom. The molecule has 0 radical (unpaired) electrons. The van der Waals surface area contributed by atoms with Gasteiger partial charge in [0.1, 0.15) is 6.61 Å². The minimum atomic E-state index is -0.807. The molecule has 0 aromatic rings. The molecule has 1 atom stereocenters. The number of rotatable bonds is 56. The summed E-state index contributed by atoms with van der Waals surface area (Å²) in [7, 11) is 0. The molecule has 0 aliphatic carbocycles. The van der Waals surface area contributed by atoms with Crippen LogP contribution in [-0.4, -0.2) is 36.4 Å². The number of unbranched alkanes of at least 4 members (excludes halogenated alkanes) is 34. The Morgan fingerprint density at radius 2 is 0.606 bits per heavy atom. The molecule has 1 N–H and O–H groups in total. The Bertz CT molecular complexity index is 1300. The molecule has 0 saturated heterocycles. The molecule has 5 heteroatoms. The van der Waals surface area contributed by atoms with Gasteiger partial charge in [-0.15, -0.1) is 0 Å². The third kappa shape index (κ3) is 59.5. The van der Waals surface area contributed by atoms with Crippen LogP contribution in [0.15, 0.2) is 85.1 Å². The van der Waals surface area contributed by atoms with Gasteiger partial charge in [0.25, 0.3) is 0 Å². The Hall–Kier alpha value is -2.92. The highest BCUT2D eigenvalue weighted by molar-refractivity contribution is 5.70. The molecule has 0 aromatic carbocycles. The van der Waals surface area contributed by atoms with Crippen molar-refractivity contribution in [3.63, 3.8) is 0 Å². The summed E-state index contributed by atoms with van der Waals surface area (Å²) in [6.45, 7) is 4.01. The molecule has 0 rings (SSSR count). The molecule has 0 spiro atoms. The van der Waals surface area contributed by atoms with Crippen LogP contribution in [0.2, 0.25) is 0 Å². The number of ether oxygens (including phenoxy) is 2. The zero-order valence-electron chi connectivity index (χ0n) is 47.0. The van der Waals surface area contributed by atoms with Gasteiger partial charge in [0.15, 0.2) is 6.10 Å². The van der Waals surface area contributed by atoms with Gasteiger partial charge in [-0.1, -0.05) is 311 Å². The Balaban J connectivity index is 3.49. The van der Waals surface area contributed by atoms with Crippen molar-refractivity contribution >= 4 is 11.9 Å². The summed E-state index contributed by atoms with van der Waals surface area (Å²) in [4.78, 5) is 24.5. The van der Waals surface area contributed by atoms with Crippen molar-refractivity contribution in [2.24, 2.45) is 0 Å². The Kier molecular flexibility index (Phi) is 58.9. The third-order valence-electron chi connectivity index (χ3n) is 13.5. The van der Waals surface area contributed by atoms with Gasteiger partial charge in [-0.3, -0.25) is 9.59 Å².